The predicted molar refractivity (Wildman–Crippen MR) is 76.0 cm³/mol. The zero-order valence-electron chi connectivity index (χ0n) is 9.57. The summed E-state index contributed by atoms with van der Waals surface area (Å²) in [6.45, 7) is 0. The normalized spacial score (nSPS) is 25.2. The molecule has 1 N–H and O–H groups in total. The summed E-state index contributed by atoms with van der Waals surface area (Å²) in [6.07, 6.45) is 0. The molecular weight excluding hydrogens is 333 g/mol. The zero-order valence-corrected chi connectivity index (χ0v) is 12.7. The summed E-state index contributed by atoms with van der Waals surface area (Å²) >= 11 is 17.6. The molecule has 0 bridgehead atoms. The molecule has 1 saturated heterocycles. The van der Waals surface area contributed by atoms with Crippen molar-refractivity contribution in [3.63, 3.8) is 0 Å². The lowest BCUT2D eigenvalue weighted by Gasteiger charge is -2.15. The predicted octanol–water partition coefficient (Wildman–Crippen LogP) is 2.13. The van der Waals surface area contributed by atoms with Gasteiger partial charge in [-0.25, -0.2) is 8.42 Å². The smallest absolute Gasteiger partial charge is 0.253 e. The fraction of sp³-hybridized carbons (Fsp3) is 0.364. The van der Waals surface area contributed by atoms with Gasteiger partial charge in [0.25, 0.3) is 5.91 Å². The van der Waals surface area contributed by atoms with Crippen molar-refractivity contribution >= 4 is 50.5 Å². The van der Waals surface area contributed by atoms with E-state index >= 15 is 0 Å². The maximum absolute atomic E-state index is 12.0. The quantitative estimate of drug-likeness (QED) is 0.838. The minimum absolute atomic E-state index is 0.131. The molecule has 1 aromatic rings. The Hall–Kier alpha value is -0.490. The van der Waals surface area contributed by atoms with Crippen LogP contribution in [-0.4, -0.2) is 37.2 Å². The first-order valence-corrected chi connectivity index (χ1v) is 8.40. The lowest BCUT2D eigenvalue weighted by atomic mass is 10.2. The molecule has 8 heteroatoms. The molecule has 0 unspecified atom stereocenters. The summed E-state index contributed by atoms with van der Waals surface area (Å²) < 4.78 is 22.8. The lowest BCUT2D eigenvalue weighted by Crippen LogP contribution is -2.40. The van der Waals surface area contributed by atoms with Crippen molar-refractivity contribution in [1.82, 2.24) is 5.32 Å². The van der Waals surface area contributed by atoms with Gasteiger partial charge >= 0.3 is 0 Å². The monoisotopic (exact) mass is 341 g/mol. The number of sulfone groups is 1. The summed E-state index contributed by atoms with van der Waals surface area (Å²) in [5, 5.41) is 2.58. The molecule has 0 aliphatic carbocycles. The Labute approximate surface area is 125 Å². The Bertz CT molecular complexity index is 618. The molecule has 2 rings (SSSR count). The lowest BCUT2D eigenvalue weighted by molar-refractivity contribution is 0.0941. The Morgan fingerprint density at radius 3 is 2.47 bits per heavy atom. The third kappa shape index (κ3) is 3.54. The van der Waals surface area contributed by atoms with Crippen LogP contribution in [0.3, 0.4) is 0 Å². The molecule has 2 atom stereocenters. The Morgan fingerprint density at radius 2 is 1.95 bits per heavy atom. The Balaban J connectivity index is 2.14. The molecule has 1 heterocycles. The van der Waals surface area contributed by atoms with Crippen LogP contribution >= 0.6 is 34.8 Å². The van der Waals surface area contributed by atoms with Crippen molar-refractivity contribution in [2.45, 2.75) is 11.4 Å². The second-order valence-electron chi connectivity index (χ2n) is 4.30. The highest BCUT2D eigenvalue weighted by Gasteiger charge is 2.37. The van der Waals surface area contributed by atoms with Crippen LogP contribution in [0.2, 0.25) is 10.0 Å². The number of carbonyl (C=O) groups excluding carboxylic acids is 1. The number of halogens is 3. The maximum Gasteiger partial charge on any atom is 0.253 e. The van der Waals surface area contributed by atoms with E-state index in [4.69, 9.17) is 34.8 Å². The SMILES string of the molecule is O=C(N[C@@H]1CS(=O)(=O)C[C@@H]1Cl)c1ccc(Cl)cc1Cl. The van der Waals surface area contributed by atoms with Gasteiger partial charge in [0, 0.05) is 5.02 Å². The second-order valence-corrected chi connectivity index (χ2v) is 7.86. The molecule has 0 aromatic heterocycles. The van der Waals surface area contributed by atoms with Gasteiger partial charge in [0.1, 0.15) is 0 Å². The molecule has 1 amide bonds. The summed E-state index contributed by atoms with van der Waals surface area (Å²) in [5.41, 5.74) is 0.235. The fourth-order valence-corrected chi connectivity index (χ4v) is 4.90. The van der Waals surface area contributed by atoms with Gasteiger partial charge in [0.2, 0.25) is 0 Å². The van der Waals surface area contributed by atoms with Crippen molar-refractivity contribution in [1.29, 1.82) is 0 Å². The van der Waals surface area contributed by atoms with Gasteiger partial charge in [-0.15, -0.1) is 11.6 Å². The molecule has 19 heavy (non-hydrogen) atoms. The van der Waals surface area contributed by atoms with Gasteiger partial charge in [-0.1, -0.05) is 23.2 Å². The number of rotatable bonds is 2. The highest BCUT2D eigenvalue weighted by molar-refractivity contribution is 7.91. The first-order chi connectivity index (χ1) is 8.78. The topological polar surface area (TPSA) is 63.2 Å². The number of benzene rings is 1. The van der Waals surface area contributed by atoms with E-state index in [9.17, 15) is 13.2 Å². The average molecular weight is 343 g/mol. The van der Waals surface area contributed by atoms with Gasteiger partial charge in [-0.2, -0.15) is 0 Å². The van der Waals surface area contributed by atoms with E-state index in [1.54, 1.807) is 0 Å². The third-order valence-corrected chi connectivity index (χ3v) is 5.70. The average Bonchev–Trinajstić information content (AvgIpc) is 2.51. The van der Waals surface area contributed by atoms with Crippen LogP contribution in [0.1, 0.15) is 10.4 Å². The molecule has 104 valence electrons. The van der Waals surface area contributed by atoms with E-state index in [-0.39, 0.29) is 22.1 Å². The molecule has 1 aliphatic rings. The minimum atomic E-state index is -3.19. The summed E-state index contributed by atoms with van der Waals surface area (Å²) in [7, 11) is -3.19. The first kappa shape index (κ1) is 14.9. The second kappa shape index (κ2) is 5.48. The van der Waals surface area contributed by atoms with Crippen LogP contribution in [0.5, 0.6) is 0 Å². The number of alkyl halides is 1. The number of carbonyl (C=O) groups is 1. The minimum Gasteiger partial charge on any atom is -0.347 e. The first-order valence-electron chi connectivity index (χ1n) is 5.39. The molecule has 4 nitrogen and oxygen atoms in total. The van der Waals surface area contributed by atoms with Gasteiger partial charge in [0.15, 0.2) is 9.84 Å². The maximum atomic E-state index is 12.0. The summed E-state index contributed by atoms with van der Waals surface area (Å²) in [4.78, 5) is 12.0. The standard InChI is InChI=1S/C11H10Cl3NO3S/c12-6-1-2-7(8(13)3-6)11(16)15-10-5-19(17,18)4-9(10)14/h1-3,9-10H,4-5H2,(H,15,16)/t9-,10+/m0/s1. The van der Waals surface area contributed by atoms with Crippen molar-refractivity contribution in [3.05, 3.63) is 33.8 Å². The van der Waals surface area contributed by atoms with Crippen molar-refractivity contribution in [3.8, 4) is 0 Å². The van der Waals surface area contributed by atoms with Crippen LogP contribution in [-0.2, 0) is 9.84 Å². The van der Waals surface area contributed by atoms with E-state index in [0.29, 0.717) is 5.02 Å². The van der Waals surface area contributed by atoms with Gasteiger partial charge in [-0.05, 0) is 18.2 Å². The molecular formula is C11H10Cl3NO3S. The van der Waals surface area contributed by atoms with E-state index in [2.05, 4.69) is 5.32 Å². The highest BCUT2D eigenvalue weighted by atomic mass is 35.5. The molecule has 0 spiro atoms. The van der Waals surface area contributed by atoms with E-state index in [1.165, 1.54) is 18.2 Å². The van der Waals surface area contributed by atoms with E-state index in [0.717, 1.165) is 0 Å². The van der Waals surface area contributed by atoms with Gasteiger partial charge < -0.3 is 5.32 Å². The van der Waals surface area contributed by atoms with Crippen molar-refractivity contribution in [2.24, 2.45) is 0 Å². The van der Waals surface area contributed by atoms with Gasteiger partial charge in [0.05, 0.1) is 33.5 Å². The molecule has 0 radical (unpaired) electrons. The van der Waals surface area contributed by atoms with Crippen LogP contribution < -0.4 is 5.32 Å². The van der Waals surface area contributed by atoms with Crippen LogP contribution in [0.15, 0.2) is 18.2 Å². The Morgan fingerprint density at radius 1 is 1.26 bits per heavy atom. The number of nitrogens with one attached hydrogen (secondary N) is 1. The van der Waals surface area contributed by atoms with Crippen molar-refractivity contribution < 1.29 is 13.2 Å². The molecule has 1 aromatic carbocycles. The molecule has 1 fully saturated rings. The van der Waals surface area contributed by atoms with E-state index in [1.807, 2.05) is 0 Å². The molecule has 0 saturated carbocycles. The van der Waals surface area contributed by atoms with E-state index < -0.39 is 27.2 Å². The van der Waals surface area contributed by atoms with Gasteiger partial charge in [-0.3, -0.25) is 4.79 Å². The summed E-state index contributed by atoms with van der Waals surface area (Å²) in [5.74, 6) is -0.749. The third-order valence-electron chi connectivity index (χ3n) is 2.78. The summed E-state index contributed by atoms with van der Waals surface area (Å²) in [6, 6.07) is 3.85. The molecule has 1 aliphatic heterocycles. The van der Waals surface area contributed by atoms with Crippen molar-refractivity contribution in [2.75, 3.05) is 11.5 Å². The fourth-order valence-electron chi connectivity index (χ4n) is 1.86. The van der Waals surface area contributed by atoms with Crippen LogP contribution in [0.25, 0.3) is 0 Å². The number of hydrogen-bond donors (Lipinski definition) is 1. The van der Waals surface area contributed by atoms with Crippen LogP contribution in [0, 0.1) is 0 Å². The zero-order chi connectivity index (χ0) is 14.2. The highest BCUT2D eigenvalue weighted by Crippen LogP contribution is 2.22. The largest absolute Gasteiger partial charge is 0.347 e. The Kier molecular flexibility index (Phi) is 4.30. The number of amides is 1. The van der Waals surface area contributed by atoms with Crippen LogP contribution in [0.4, 0.5) is 0 Å². The number of hydrogen-bond acceptors (Lipinski definition) is 3.